The molecule has 0 saturated heterocycles. The first-order valence-electron chi connectivity index (χ1n) is 7.62. The Labute approximate surface area is 138 Å². The van der Waals surface area contributed by atoms with Gasteiger partial charge in [-0.25, -0.2) is 0 Å². The monoisotopic (exact) mass is 323 g/mol. The molecule has 2 amide bonds. The molecule has 7 heteroatoms. The molecule has 0 spiro atoms. The molecule has 24 heavy (non-hydrogen) atoms. The summed E-state index contributed by atoms with van der Waals surface area (Å²) in [6.07, 6.45) is 7.33. The van der Waals surface area contributed by atoms with Gasteiger partial charge in [0.2, 0.25) is 5.91 Å². The molecule has 0 radical (unpaired) electrons. The molecule has 122 valence electrons. The third-order valence-electron chi connectivity index (χ3n) is 4.00. The second-order valence-corrected chi connectivity index (χ2v) is 5.75. The Kier molecular flexibility index (Phi) is 4.04. The summed E-state index contributed by atoms with van der Waals surface area (Å²) < 4.78 is 0. The average molecular weight is 323 g/mol. The van der Waals surface area contributed by atoms with Gasteiger partial charge in [0.1, 0.15) is 5.69 Å². The number of carbonyl (C=O) groups excluding carboxylic acids is 2. The normalized spacial score (nSPS) is 14.3. The average Bonchev–Trinajstić information content (AvgIpc) is 3.19. The van der Waals surface area contributed by atoms with Gasteiger partial charge in [0.25, 0.3) is 5.91 Å². The number of hydrogen-bond donors (Lipinski definition) is 3. The largest absolute Gasteiger partial charge is 0.364 e. The highest BCUT2D eigenvalue weighted by molar-refractivity contribution is 6.04. The lowest BCUT2D eigenvalue weighted by Crippen LogP contribution is -2.17. The van der Waals surface area contributed by atoms with Crippen molar-refractivity contribution in [2.75, 3.05) is 5.32 Å². The van der Waals surface area contributed by atoms with Crippen LogP contribution < -0.4 is 11.1 Å². The molecule has 1 aliphatic rings. The predicted molar refractivity (Wildman–Crippen MR) is 90.3 cm³/mol. The smallest absolute Gasteiger partial charge is 0.265 e. The zero-order chi connectivity index (χ0) is 17.2. The van der Waals surface area contributed by atoms with Crippen molar-refractivity contribution < 1.29 is 9.59 Å². The summed E-state index contributed by atoms with van der Waals surface area (Å²) in [5, 5.41) is 11.7. The number of nitrogens with zero attached hydrogens (tertiary/aromatic N) is 2. The maximum Gasteiger partial charge on any atom is 0.265 e. The number of nitrogens with two attached hydrogens (primary N) is 1. The van der Waals surface area contributed by atoms with E-state index in [4.69, 9.17) is 12.2 Å². The highest BCUT2D eigenvalue weighted by atomic mass is 16.2. The molecular weight excluding hydrogens is 306 g/mol. The van der Waals surface area contributed by atoms with E-state index in [0.717, 1.165) is 5.39 Å². The van der Waals surface area contributed by atoms with Crippen molar-refractivity contribution in [2.24, 2.45) is 16.0 Å². The van der Waals surface area contributed by atoms with Crippen LogP contribution in [-0.4, -0.2) is 22.5 Å². The minimum Gasteiger partial charge on any atom is -0.364 e. The first-order chi connectivity index (χ1) is 11.5. The Hall–Kier alpha value is -3.14. The van der Waals surface area contributed by atoms with Crippen LogP contribution in [0.25, 0.3) is 10.9 Å². The van der Waals surface area contributed by atoms with Crippen LogP contribution in [0.4, 0.5) is 5.69 Å². The molecule has 0 unspecified atom stereocenters. The molecule has 4 N–H and O–H groups in total. The van der Waals surface area contributed by atoms with Gasteiger partial charge >= 0.3 is 0 Å². The maximum atomic E-state index is 12.2. The van der Waals surface area contributed by atoms with Crippen LogP contribution in [0, 0.1) is 12.3 Å². The van der Waals surface area contributed by atoms with E-state index in [0.29, 0.717) is 36.2 Å². The van der Waals surface area contributed by atoms with E-state index in [1.165, 1.54) is 0 Å². The number of amides is 2. The zero-order valence-electron chi connectivity index (χ0n) is 13.0. The van der Waals surface area contributed by atoms with Gasteiger partial charge in [-0.3, -0.25) is 9.59 Å². The van der Waals surface area contributed by atoms with E-state index < -0.39 is 11.6 Å². The number of fused-ring (bicyclic) bond motifs is 1. The quantitative estimate of drug-likeness (QED) is 0.680. The molecule has 7 nitrogen and oxygen atoms in total. The summed E-state index contributed by atoms with van der Waals surface area (Å²) in [7, 11) is 0. The van der Waals surface area contributed by atoms with Crippen LogP contribution in [0.2, 0.25) is 0 Å². The highest BCUT2D eigenvalue weighted by Gasteiger charge is 2.39. The van der Waals surface area contributed by atoms with Gasteiger partial charge in [0.15, 0.2) is 5.66 Å². The highest BCUT2D eigenvalue weighted by Crippen LogP contribution is 2.37. The summed E-state index contributed by atoms with van der Waals surface area (Å²) in [5.41, 5.74) is 6.38. The first-order valence-corrected chi connectivity index (χ1v) is 7.62. The fraction of sp³-hybridized carbons (Fsp3) is 0.294. The van der Waals surface area contributed by atoms with E-state index in [-0.39, 0.29) is 12.3 Å². The summed E-state index contributed by atoms with van der Waals surface area (Å²) in [5.74, 6) is 1.87. The molecule has 2 heterocycles. The number of terminal acetylenes is 1. The van der Waals surface area contributed by atoms with Crippen molar-refractivity contribution in [1.29, 1.82) is 0 Å². The summed E-state index contributed by atoms with van der Waals surface area (Å²) in [4.78, 5) is 26.4. The van der Waals surface area contributed by atoms with Crippen LogP contribution in [0.15, 0.2) is 34.5 Å². The number of aromatic amines is 1. The Morgan fingerprint density at radius 1 is 1.33 bits per heavy atom. The molecule has 1 aromatic carbocycles. The SMILES string of the molecule is C#CCCC1(CCC(=O)Nc2cccc3cc(C(N)=O)[nH]c23)N=N1. The summed E-state index contributed by atoms with van der Waals surface area (Å²) >= 11 is 0. The molecule has 0 fully saturated rings. The van der Waals surface area contributed by atoms with E-state index in [2.05, 4.69) is 26.4 Å². The fourth-order valence-corrected chi connectivity index (χ4v) is 2.59. The van der Waals surface area contributed by atoms with E-state index in [1.54, 1.807) is 18.2 Å². The fourth-order valence-electron chi connectivity index (χ4n) is 2.59. The summed E-state index contributed by atoms with van der Waals surface area (Å²) in [6, 6.07) is 7.06. The Balaban J connectivity index is 1.65. The van der Waals surface area contributed by atoms with Crippen LogP contribution >= 0.6 is 0 Å². The Morgan fingerprint density at radius 2 is 2.12 bits per heavy atom. The number of para-hydroxylation sites is 1. The summed E-state index contributed by atoms with van der Waals surface area (Å²) in [6.45, 7) is 0. The second-order valence-electron chi connectivity index (χ2n) is 5.75. The molecule has 2 aromatic rings. The third-order valence-corrected chi connectivity index (χ3v) is 4.00. The van der Waals surface area contributed by atoms with Gasteiger partial charge in [-0.2, -0.15) is 10.2 Å². The number of benzene rings is 1. The number of aromatic nitrogens is 1. The molecule has 0 bridgehead atoms. The van der Waals surface area contributed by atoms with Crippen molar-refractivity contribution in [3.63, 3.8) is 0 Å². The molecule has 1 aromatic heterocycles. The maximum absolute atomic E-state index is 12.2. The van der Waals surface area contributed by atoms with Crippen molar-refractivity contribution in [3.8, 4) is 12.3 Å². The van der Waals surface area contributed by atoms with E-state index in [9.17, 15) is 9.59 Å². The first kappa shape index (κ1) is 15.7. The van der Waals surface area contributed by atoms with Crippen LogP contribution in [0.3, 0.4) is 0 Å². The van der Waals surface area contributed by atoms with Crippen molar-refractivity contribution in [3.05, 3.63) is 30.0 Å². The molecule has 0 saturated carbocycles. The topological polar surface area (TPSA) is 113 Å². The van der Waals surface area contributed by atoms with E-state index >= 15 is 0 Å². The number of rotatable bonds is 7. The van der Waals surface area contributed by atoms with Gasteiger partial charge < -0.3 is 16.0 Å². The van der Waals surface area contributed by atoms with Gasteiger partial charge in [-0.15, -0.1) is 12.3 Å². The number of anilines is 1. The Bertz CT molecular complexity index is 869. The number of H-pyrrole nitrogens is 1. The lowest BCUT2D eigenvalue weighted by atomic mass is 10.0. The zero-order valence-corrected chi connectivity index (χ0v) is 13.0. The van der Waals surface area contributed by atoms with Gasteiger partial charge in [0.05, 0.1) is 11.2 Å². The molecular formula is C17H17N5O2. The van der Waals surface area contributed by atoms with Gasteiger partial charge in [0, 0.05) is 31.1 Å². The van der Waals surface area contributed by atoms with Crippen LogP contribution in [-0.2, 0) is 4.79 Å². The lowest BCUT2D eigenvalue weighted by Gasteiger charge is -2.10. The molecule has 0 aliphatic carbocycles. The number of hydrogen-bond acceptors (Lipinski definition) is 4. The van der Waals surface area contributed by atoms with Crippen molar-refractivity contribution in [1.82, 2.24) is 4.98 Å². The minimum absolute atomic E-state index is 0.143. The molecule has 0 atom stereocenters. The van der Waals surface area contributed by atoms with Crippen LogP contribution in [0.1, 0.15) is 36.2 Å². The number of primary amides is 1. The van der Waals surface area contributed by atoms with E-state index in [1.807, 2.05) is 6.07 Å². The Morgan fingerprint density at radius 3 is 2.79 bits per heavy atom. The van der Waals surface area contributed by atoms with Gasteiger partial charge in [-0.05, 0) is 12.1 Å². The molecule has 1 aliphatic heterocycles. The molecule has 3 rings (SSSR count). The van der Waals surface area contributed by atoms with Crippen molar-refractivity contribution >= 4 is 28.4 Å². The number of carbonyl (C=O) groups is 2. The van der Waals surface area contributed by atoms with Crippen LogP contribution in [0.5, 0.6) is 0 Å². The second kappa shape index (κ2) is 6.16. The lowest BCUT2D eigenvalue weighted by molar-refractivity contribution is -0.116. The number of nitrogens with one attached hydrogen (secondary N) is 2. The third kappa shape index (κ3) is 3.27. The standard InChI is InChI=1S/C17H17N5O2/c1-2-3-8-17(21-22-17)9-7-14(23)19-12-6-4-5-11-10-13(16(18)24)20-15(11)12/h1,4-6,10,20H,3,7-9H2,(H2,18,24)(H,19,23). The minimum atomic E-state index is -0.545. The predicted octanol–water partition coefficient (Wildman–Crippen LogP) is 2.56. The van der Waals surface area contributed by atoms with Crippen molar-refractivity contribution in [2.45, 2.75) is 31.3 Å². The van der Waals surface area contributed by atoms with Gasteiger partial charge in [-0.1, -0.05) is 12.1 Å².